The normalized spacial score (nSPS) is 22.0. The van der Waals surface area contributed by atoms with Crippen LogP contribution in [0.5, 0.6) is 0 Å². The minimum atomic E-state index is -3.79. The van der Waals surface area contributed by atoms with Gasteiger partial charge >= 0.3 is 0 Å². The van der Waals surface area contributed by atoms with E-state index >= 15 is 0 Å². The topological polar surface area (TPSA) is 59.0 Å². The fourth-order valence-electron chi connectivity index (χ4n) is 2.99. The maximum atomic E-state index is 12.8. The lowest BCUT2D eigenvalue weighted by Crippen LogP contribution is -2.48. The minimum Gasteiger partial charge on any atom is -0.372 e. The largest absolute Gasteiger partial charge is 0.372 e. The predicted octanol–water partition coefficient (Wildman–Crippen LogP) is 2.93. The third kappa shape index (κ3) is 4.27. The second-order valence-electron chi connectivity index (χ2n) is 6.23. The van der Waals surface area contributed by atoms with Crippen molar-refractivity contribution in [1.82, 2.24) is 4.90 Å². The number of morpholine rings is 1. The molecule has 132 valence electrons. The zero-order valence-electron chi connectivity index (χ0n) is 14.4. The summed E-state index contributed by atoms with van der Waals surface area (Å²) in [6.07, 6.45) is 0.0224. The molecule has 0 radical (unpaired) electrons. The summed E-state index contributed by atoms with van der Waals surface area (Å²) < 4.78 is 35.5. The van der Waals surface area contributed by atoms with Crippen molar-refractivity contribution in [1.29, 1.82) is 0 Å². The Hall–Kier alpha value is -2.18. The van der Waals surface area contributed by atoms with Crippen molar-refractivity contribution in [2.45, 2.75) is 31.0 Å². The third-order valence-corrected chi connectivity index (χ3v) is 5.28. The van der Waals surface area contributed by atoms with Gasteiger partial charge in [-0.15, -0.1) is 4.40 Å². The second kappa shape index (κ2) is 7.37. The highest BCUT2D eigenvalue weighted by atomic mass is 32.2. The molecule has 0 N–H and O–H groups in total. The summed E-state index contributed by atoms with van der Waals surface area (Å²) in [6, 6.07) is 17.7. The van der Waals surface area contributed by atoms with Crippen molar-refractivity contribution >= 4 is 15.9 Å². The first kappa shape index (κ1) is 17.6. The maximum absolute atomic E-state index is 12.8. The van der Waals surface area contributed by atoms with Gasteiger partial charge in [0, 0.05) is 18.7 Å². The van der Waals surface area contributed by atoms with Crippen LogP contribution in [-0.2, 0) is 14.8 Å². The number of hydrogen-bond donors (Lipinski definition) is 0. The second-order valence-corrected chi connectivity index (χ2v) is 7.84. The van der Waals surface area contributed by atoms with E-state index in [0.717, 1.165) is 5.56 Å². The highest BCUT2D eigenvalue weighted by Gasteiger charge is 2.27. The third-order valence-electron chi connectivity index (χ3n) is 4.00. The van der Waals surface area contributed by atoms with Gasteiger partial charge in [0.25, 0.3) is 10.0 Å². The van der Waals surface area contributed by atoms with E-state index in [9.17, 15) is 8.42 Å². The molecule has 3 rings (SSSR count). The molecule has 1 heterocycles. The molecule has 0 bridgehead atoms. The number of benzene rings is 2. The Morgan fingerprint density at radius 1 is 0.960 bits per heavy atom. The van der Waals surface area contributed by atoms with E-state index in [2.05, 4.69) is 4.40 Å². The van der Waals surface area contributed by atoms with Gasteiger partial charge in [-0.2, -0.15) is 8.42 Å². The SMILES string of the molecule is C[C@@H]1CN(C(=NS(=O)(=O)c2ccccc2)c2ccccc2)C[C@@H](C)O1. The van der Waals surface area contributed by atoms with Crippen LogP contribution in [0, 0.1) is 0 Å². The molecule has 1 aliphatic rings. The summed E-state index contributed by atoms with van der Waals surface area (Å²) >= 11 is 0. The Bertz CT molecular complexity index is 825. The molecule has 0 spiro atoms. The fourth-order valence-corrected chi connectivity index (χ4v) is 4.05. The van der Waals surface area contributed by atoms with Crippen molar-refractivity contribution in [3.63, 3.8) is 0 Å². The quantitative estimate of drug-likeness (QED) is 0.625. The minimum absolute atomic E-state index is 0.0112. The van der Waals surface area contributed by atoms with Gasteiger partial charge in [-0.25, -0.2) is 0 Å². The van der Waals surface area contributed by atoms with Crippen LogP contribution >= 0.6 is 0 Å². The monoisotopic (exact) mass is 358 g/mol. The highest BCUT2D eigenvalue weighted by Crippen LogP contribution is 2.19. The number of rotatable bonds is 3. The summed E-state index contributed by atoms with van der Waals surface area (Å²) in [5, 5.41) is 0. The molecule has 6 heteroatoms. The number of hydrogen-bond acceptors (Lipinski definition) is 3. The zero-order chi connectivity index (χ0) is 17.9. The van der Waals surface area contributed by atoms with Crippen LogP contribution in [0.1, 0.15) is 19.4 Å². The van der Waals surface area contributed by atoms with E-state index in [1.54, 1.807) is 30.3 Å². The number of sulfonamides is 1. The smallest absolute Gasteiger partial charge is 0.284 e. The molecular formula is C19H22N2O3S. The Labute approximate surface area is 149 Å². The fraction of sp³-hybridized carbons (Fsp3) is 0.316. The number of nitrogens with zero attached hydrogens (tertiary/aromatic N) is 2. The molecule has 0 aliphatic carbocycles. The van der Waals surface area contributed by atoms with Gasteiger partial charge in [-0.05, 0) is 26.0 Å². The van der Waals surface area contributed by atoms with Gasteiger partial charge in [-0.1, -0.05) is 48.5 Å². The molecule has 2 aromatic rings. The van der Waals surface area contributed by atoms with Crippen LogP contribution in [-0.4, -0.2) is 44.5 Å². The van der Waals surface area contributed by atoms with Crippen LogP contribution in [0.25, 0.3) is 0 Å². The molecule has 5 nitrogen and oxygen atoms in total. The van der Waals surface area contributed by atoms with Gasteiger partial charge in [0.2, 0.25) is 0 Å². The molecule has 1 saturated heterocycles. The standard InChI is InChI=1S/C19H22N2O3S/c1-15-13-21(14-16(2)24-15)19(17-9-5-3-6-10-17)20-25(22,23)18-11-7-4-8-12-18/h3-12,15-16H,13-14H2,1-2H3/t15-,16-/m1/s1. The molecule has 0 saturated carbocycles. The Morgan fingerprint density at radius 2 is 1.48 bits per heavy atom. The van der Waals surface area contributed by atoms with Crippen molar-refractivity contribution in [3.05, 3.63) is 66.2 Å². The Balaban J connectivity index is 2.05. The van der Waals surface area contributed by atoms with E-state index in [0.29, 0.717) is 18.9 Å². The van der Waals surface area contributed by atoms with Crippen LogP contribution in [0.15, 0.2) is 70.0 Å². The van der Waals surface area contributed by atoms with Crippen molar-refractivity contribution in [2.24, 2.45) is 4.40 Å². The van der Waals surface area contributed by atoms with Crippen molar-refractivity contribution in [2.75, 3.05) is 13.1 Å². The van der Waals surface area contributed by atoms with E-state index in [1.807, 2.05) is 49.1 Å². The number of amidine groups is 1. The lowest BCUT2D eigenvalue weighted by Gasteiger charge is -2.37. The lowest BCUT2D eigenvalue weighted by atomic mass is 10.1. The molecule has 0 aromatic heterocycles. The molecule has 1 aliphatic heterocycles. The summed E-state index contributed by atoms with van der Waals surface area (Å²) in [5.41, 5.74) is 0.781. The Morgan fingerprint density at radius 3 is 2.04 bits per heavy atom. The zero-order valence-corrected chi connectivity index (χ0v) is 15.2. The molecule has 1 fully saturated rings. The van der Waals surface area contributed by atoms with E-state index < -0.39 is 10.0 Å². The lowest BCUT2D eigenvalue weighted by molar-refractivity contribution is -0.0478. The predicted molar refractivity (Wildman–Crippen MR) is 98.2 cm³/mol. The van der Waals surface area contributed by atoms with Gasteiger partial charge in [0.15, 0.2) is 0 Å². The van der Waals surface area contributed by atoms with Gasteiger partial charge in [0.1, 0.15) is 5.84 Å². The van der Waals surface area contributed by atoms with Gasteiger partial charge in [0.05, 0.1) is 17.1 Å². The summed E-state index contributed by atoms with van der Waals surface area (Å²) in [7, 11) is -3.79. The summed E-state index contributed by atoms with van der Waals surface area (Å²) in [5.74, 6) is 0.464. The number of ether oxygens (including phenoxy) is 1. The van der Waals surface area contributed by atoms with Crippen LogP contribution in [0.3, 0.4) is 0 Å². The molecular weight excluding hydrogens is 336 g/mol. The Kier molecular flexibility index (Phi) is 5.20. The molecule has 2 aromatic carbocycles. The van der Waals surface area contributed by atoms with E-state index in [4.69, 9.17) is 4.74 Å². The first-order valence-corrected chi connectivity index (χ1v) is 9.75. The average Bonchev–Trinajstić information content (AvgIpc) is 2.60. The first-order valence-electron chi connectivity index (χ1n) is 8.31. The molecule has 0 unspecified atom stereocenters. The summed E-state index contributed by atoms with van der Waals surface area (Å²) in [6.45, 7) is 5.17. The first-order chi connectivity index (χ1) is 12.0. The van der Waals surface area contributed by atoms with Crippen molar-refractivity contribution in [3.8, 4) is 0 Å². The van der Waals surface area contributed by atoms with E-state index in [1.165, 1.54) is 0 Å². The van der Waals surface area contributed by atoms with Gasteiger partial charge < -0.3 is 9.64 Å². The van der Waals surface area contributed by atoms with Gasteiger partial charge in [-0.3, -0.25) is 0 Å². The molecule has 2 atom stereocenters. The van der Waals surface area contributed by atoms with Crippen LogP contribution in [0.2, 0.25) is 0 Å². The average molecular weight is 358 g/mol. The highest BCUT2D eigenvalue weighted by molar-refractivity contribution is 7.90. The van der Waals surface area contributed by atoms with Crippen LogP contribution in [0.4, 0.5) is 0 Å². The summed E-state index contributed by atoms with van der Waals surface area (Å²) in [4.78, 5) is 2.19. The van der Waals surface area contributed by atoms with Crippen molar-refractivity contribution < 1.29 is 13.2 Å². The van der Waals surface area contributed by atoms with E-state index in [-0.39, 0.29) is 17.1 Å². The molecule has 0 amide bonds. The maximum Gasteiger partial charge on any atom is 0.284 e. The molecule has 25 heavy (non-hydrogen) atoms. The van der Waals surface area contributed by atoms with Crippen LogP contribution < -0.4 is 0 Å².